The topological polar surface area (TPSA) is 28.7 Å². The molecule has 0 amide bonds. The van der Waals surface area contributed by atoms with Crippen LogP contribution in [-0.4, -0.2) is 4.57 Å². The number of allylic oxidation sites excluding steroid dienone is 1. The Balaban J connectivity index is 2.08. The number of nitriles is 1. The first kappa shape index (κ1) is 15.8. The third-order valence-electron chi connectivity index (χ3n) is 4.27. The monoisotopic (exact) mass is 312 g/mol. The molecule has 24 heavy (non-hydrogen) atoms. The lowest BCUT2D eigenvalue weighted by Gasteiger charge is -2.10. The normalized spacial score (nSPS) is 11.3. The van der Waals surface area contributed by atoms with Gasteiger partial charge in [0.25, 0.3) is 0 Å². The Labute approximate surface area is 143 Å². The van der Waals surface area contributed by atoms with Crippen molar-refractivity contribution < 1.29 is 0 Å². The van der Waals surface area contributed by atoms with Crippen LogP contribution in [0.15, 0.2) is 60.7 Å². The Morgan fingerprint density at radius 2 is 1.62 bits per heavy atom. The summed E-state index contributed by atoms with van der Waals surface area (Å²) in [5.41, 5.74) is 7.40. The average molecular weight is 312 g/mol. The predicted octanol–water partition coefficient (Wildman–Crippen LogP) is 5.47. The number of hydrogen-bond acceptors (Lipinski definition) is 1. The van der Waals surface area contributed by atoms with Gasteiger partial charge < -0.3 is 4.57 Å². The van der Waals surface area contributed by atoms with Crippen LogP contribution in [-0.2, 0) is 0 Å². The van der Waals surface area contributed by atoms with Gasteiger partial charge in [-0.15, -0.1) is 0 Å². The van der Waals surface area contributed by atoms with Crippen molar-refractivity contribution in [1.82, 2.24) is 4.57 Å². The maximum Gasteiger partial charge on any atom is 0.0998 e. The van der Waals surface area contributed by atoms with Crippen LogP contribution in [0.2, 0.25) is 0 Å². The smallest absolute Gasteiger partial charge is 0.0998 e. The first-order valence-corrected chi connectivity index (χ1v) is 8.03. The van der Waals surface area contributed by atoms with E-state index in [2.05, 4.69) is 61.7 Å². The number of benzene rings is 2. The molecule has 0 atom stereocenters. The van der Waals surface area contributed by atoms with Crippen LogP contribution < -0.4 is 0 Å². The van der Waals surface area contributed by atoms with E-state index in [9.17, 15) is 5.26 Å². The summed E-state index contributed by atoms with van der Waals surface area (Å²) in [7, 11) is 0. The number of rotatable bonds is 3. The summed E-state index contributed by atoms with van der Waals surface area (Å²) in [6.07, 6.45) is 1.97. The molecule has 0 saturated carbocycles. The van der Waals surface area contributed by atoms with Crippen LogP contribution in [0.25, 0.3) is 17.3 Å². The lowest BCUT2D eigenvalue weighted by molar-refractivity contribution is 0.963. The highest BCUT2D eigenvalue weighted by atomic mass is 15.0. The zero-order valence-electron chi connectivity index (χ0n) is 14.2. The molecular weight excluding hydrogens is 292 g/mol. The summed E-state index contributed by atoms with van der Waals surface area (Å²) < 4.78 is 2.23. The third kappa shape index (κ3) is 3.02. The van der Waals surface area contributed by atoms with Crippen molar-refractivity contribution >= 4 is 11.6 Å². The Morgan fingerprint density at radius 3 is 2.25 bits per heavy atom. The van der Waals surface area contributed by atoms with Crippen molar-refractivity contribution in [3.63, 3.8) is 0 Å². The van der Waals surface area contributed by atoms with Gasteiger partial charge in [-0.05, 0) is 56.2 Å². The van der Waals surface area contributed by atoms with E-state index in [0.29, 0.717) is 5.57 Å². The molecule has 2 nitrogen and oxygen atoms in total. The molecule has 118 valence electrons. The molecule has 2 heteroatoms. The molecule has 0 aliphatic heterocycles. The maximum atomic E-state index is 9.53. The molecule has 0 unspecified atom stereocenters. The molecule has 0 aliphatic carbocycles. The Hall–Kier alpha value is -3.05. The molecule has 2 aromatic carbocycles. The Bertz CT molecular complexity index is 921. The zero-order valence-corrected chi connectivity index (χ0v) is 14.2. The molecule has 0 saturated heterocycles. The molecule has 1 heterocycles. The first-order valence-electron chi connectivity index (χ1n) is 8.03. The largest absolute Gasteiger partial charge is 0.318 e. The van der Waals surface area contributed by atoms with Crippen molar-refractivity contribution in [3.8, 4) is 11.8 Å². The predicted molar refractivity (Wildman–Crippen MR) is 99.9 cm³/mol. The van der Waals surface area contributed by atoms with Gasteiger partial charge in [0.15, 0.2) is 0 Å². The average Bonchev–Trinajstić information content (AvgIpc) is 2.88. The van der Waals surface area contributed by atoms with Gasteiger partial charge in [0.2, 0.25) is 0 Å². The molecule has 0 spiro atoms. The highest BCUT2D eigenvalue weighted by Crippen LogP contribution is 2.25. The van der Waals surface area contributed by atoms with Gasteiger partial charge >= 0.3 is 0 Å². The molecule has 0 aliphatic rings. The fraction of sp³-hybridized carbons (Fsp3) is 0.136. The number of nitrogens with zero attached hydrogens (tertiary/aromatic N) is 2. The van der Waals surface area contributed by atoms with Crippen LogP contribution in [0.3, 0.4) is 0 Å². The minimum Gasteiger partial charge on any atom is -0.318 e. The summed E-state index contributed by atoms with van der Waals surface area (Å²) in [6.45, 7) is 6.28. The van der Waals surface area contributed by atoms with E-state index >= 15 is 0 Å². The molecule has 0 radical (unpaired) electrons. The first-order chi connectivity index (χ1) is 11.6. The Kier molecular flexibility index (Phi) is 4.35. The van der Waals surface area contributed by atoms with Gasteiger partial charge in [0.1, 0.15) is 0 Å². The molecule has 3 aromatic rings. The third-order valence-corrected chi connectivity index (χ3v) is 4.27. The number of hydrogen-bond donors (Lipinski definition) is 0. The molecule has 0 bridgehead atoms. The quantitative estimate of drug-likeness (QED) is 0.590. The fourth-order valence-corrected chi connectivity index (χ4v) is 2.98. The zero-order chi connectivity index (χ0) is 17.1. The number of aromatic nitrogens is 1. The van der Waals surface area contributed by atoms with E-state index in [1.54, 1.807) is 0 Å². The maximum absolute atomic E-state index is 9.53. The van der Waals surface area contributed by atoms with Crippen LogP contribution in [0.4, 0.5) is 0 Å². The summed E-state index contributed by atoms with van der Waals surface area (Å²) in [4.78, 5) is 0. The van der Waals surface area contributed by atoms with Gasteiger partial charge in [-0.25, -0.2) is 0 Å². The summed E-state index contributed by atoms with van der Waals surface area (Å²) in [5, 5.41) is 9.53. The van der Waals surface area contributed by atoms with E-state index < -0.39 is 0 Å². The van der Waals surface area contributed by atoms with Crippen molar-refractivity contribution in [3.05, 3.63) is 88.7 Å². The minimum atomic E-state index is 0.680. The highest BCUT2D eigenvalue weighted by Gasteiger charge is 2.10. The lowest BCUT2D eigenvalue weighted by Crippen LogP contribution is -1.98. The summed E-state index contributed by atoms with van der Waals surface area (Å²) in [5.74, 6) is 0. The molecule has 1 aromatic heterocycles. The summed E-state index contributed by atoms with van der Waals surface area (Å²) >= 11 is 0. The van der Waals surface area contributed by atoms with Crippen molar-refractivity contribution in [2.75, 3.05) is 0 Å². The standard InChI is InChI=1S/C22H20N2/c1-16-9-11-22(12-10-16)24-17(2)13-20(18(24)3)14-21(15-23)19-7-5-4-6-8-19/h4-14H,1-3H3/b21-14+. The number of aryl methyl sites for hydroxylation is 2. The highest BCUT2D eigenvalue weighted by molar-refractivity contribution is 5.90. The molecule has 3 rings (SSSR count). The second kappa shape index (κ2) is 6.60. The van der Waals surface area contributed by atoms with Crippen LogP contribution in [0.1, 0.15) is 28.1 Å². The van der Waals surface area contributed by atoms with E-state index in [0.717, 1.165) is 28.2 Å². The van der Waals surface area contributed by atoms with Gasteiger partial charge in [0.05, 0.1) is 11.6 Å². The van der Waals surface area contributed by atoms with E-state index in [-0.39, 0.29) is 0 Å². The van der Waals surface area contributed by atoms with Crippen molar-refractivity contribution in [1.29, 1.82) is 5.26 Å². The summed E-state index contributed by atoms with van der Waals surface area (Å²) in [6, 6.07) is 22.8. The molecule has 0 N–H and O–H groups in total. The van der Waals surface area contributed by atoms with Crippen molar-refractivity contribution in [2.24, 2.45) is 0 Å². The Morgan fingerprint density at radius 1 is 0.958 bits per heavy atom. The van der Waals surface area contributed by atoms with Crippen LogP contribution >= 0.6 is 0 Å². The SMILES string of the molecule is Cc1ccc(-n2c(C)cc(/C=C(\C#N)c3ccccc3)c2C)cc1. The fourth-order valence-electron chi connectivity index (χ4n) is 2.98. The molecular formula is C22H20N2. The van der Waals surface area contributed by atoms with E-state index in [1.807, 2.05) is 36.4 Å². The second-order valence-electron chi connectivity index (χ2n) is 6.03. The van der Waals surface area contributed by atoms with E-state index in [1.165, 1.54) is 5.56 Å². The molecule has 0 fully saturated rings. The van der Waals surface area contributed by atoms with Crippen molar-refractivity contribution in [2.45, 2.75) is 20.8 Å². The van der Waals surface area contributed by atoms with Gasteiger partial charge in [-0.3, -0.25) is 0 Å². The van der Waals surface area contributed by atoms with Crippen LogP contribution in [0.5, 0.6) is 0 Å². The van der Waals surface area contributed by atoms with Gasteiger partial charge in [0, 0.05) is 17.1 Å². The van der Waals surface area contributed by atoms with Crippen LogP contribution in [0, 0.1) is 32.1 Å². The van der Waals surface area contributed by atoms with E-state index in [4.69, 9.17) is 0 Å². The lowest BCUT2D eigenvalue weighted by atomic mass is 10.0. The van der Waals surface area contributed by atoms with Gasteiger partial charge in [-0.1, -0.05) is 48.0 Å². The second-order valence-corrected chi connectivity index (χ2v) is 6.03. The van der Waals surface area contributed by atoms with Gasteiger partial charge in [-0.2, -0.15) is 5.26 Å². The minimum absolute atomic E-state index is 0.680.